The van der Waals surface area contributed by atoms with Crippen molar-refractivity contribution in [1.29, 1.82) is 0 Å². The molecule has 0 atom stereocenters. The topological polar surface area (TPSA) is 93.8 Å². The van der Waals surface area contributed by atoms with E-state index in [-0.39, 0.29) is 11.9 Å². The van der Waals surface area contributed by atoms with E-state index in [1.165, 1.54) is 4.31 Å². The van der Waals surface area contributed by atoms with Gasteiger partial charge >= 0.3 is 0 Å². The number of carbonyl (C=O) groups excluding carboxylic acids is 1. The molecule has 2 fully saturated rings. The number of hydrogen-bond donors (Lipinski definition) is 3. The van der Waals surface area contributed by atoms with Crippen LogP contribution >= 0.6 is 0 Å². The van der Waals surface area contributed by atoms with Crippen LogP contribution in [0, 0.1) is 0 Å². The van der Waals surface area contributed by atoms with Crippen molar-refractivity contribution >= 4 is 16.1 Å². The first kappa shape index (κ1) is 16.6. The van der Waals surface area contributed by atoms with Gasteiger partial charge in [0, 0.05) is 52.4 Å². The minimum atomic E-state index is -3.38. The lowest BCUT2D eigenvalue weighted by Crippen LogP contribution is -2.54. The maximum absolute atomic E-state index is 12.3. The van der Waals surface area contributed by atoms with Crippen LogP contribution in [-0.4, -0.2) is 82.4 Å². The van der Waals surface area contributed by atoms with Gasteiger partial charge in [-0.2, -0.15) is 17.4 Å². The number of piperazine rings is 1. The van der Waals surface area contributed by atoms with Gasteiger partial charge in [0.25, 0.3) is 10.2 Å². The zero-order valence-corrected chi connectivity index (χ0v) is 13.3. The standard InChI is InChI=1S/C12H25N5O3S/c1-13-12(18)10-16-6-2-11(3-7-16)15-21(19,20)17-8-4-14-5-9-17/h11,14-15H,2-10H2,1H3,(H,13,18). The van der Waals surface area contributed by atoms with Crippen molar-refractivity contribution in [1.82, 2.24) is 24.6 Å². The molecule has 0 aliphatic carbocycles. The Morgan fingerprint density at radius 3 is 2.38 bits per heavy atom. The summed E-state index contributed by atoms with van der Waals surface area (Å²) in [5.74, 6) is -0.00477. The van der Waals surface area contributed by atoms with Crippen LogP contribution in [0.4, 0.5) is 0 Å². The van der Waals surface area contributed by atoms with Crippen LogP contribution in [0.2, 0.25) is 0 Å². The lowest BCUT2D eigenvalue weighted by molar-refractivity contribution is -0.122. The van der Waals surface area contributed by atoms with Gasteiger partial charge in [-0.25, -0.2) is 0 Å². The lowest BCUT2D eigenvalue weighted by atomic mass is 10.1. The number of hydrogen-bond acceptors (Lipinski definition) is 5. The predicted molar refractivity (Wildman–Crippen MR) is 80.0 cm³/mol. The average Bonchev–Trinajstić information content (AvgIpc) is 2.50. The van der Waals surface area contributed by atoms with Crippen LogP contribution in [-0.2, 0) is 15.0 Å². The van der Waals surface area contributed by atoms with E-state index in [1.54, 1.807) is 7.05 Å². The van der Waals surface area contributed by atoms with Crippen molar-refractivity contribution in [3.05, 3.63) is 0 Å². The number of amides is 1. The molecule has 2 aliphatic rings. The van der Waals surface area contributed by atoms with Crippen LogP contribution in [0.3, 0.4) is 0 Å². The summed E-state index contributed by atoms with van der Waals surface area (Å²) in [5.41, 5.74) is 0. The maximum Gasteiger partial charge on any atom is 0.279 e. The number of likely N-dealkylation sites (N-methyl/N-ethyl adjacent to an activating group) is 1. The molecule has 0 bridgehead atoms. The van der Waals surface area contributed by atoms with E-state index in [0.29, 0.717) is 32.7 Å². The molecule has 2 aliphatic heterocycles. The summed E-state index contributed by atoms with van der Waals surface area (Å²) >= 11 is 0. The molecule has 3 N–H and O–H groups in total. The smallest absolute Gasteiger partial charge is 0.279 e. The molecular weight excluding hydrogens is 294 g/mol. The molecule has 0 unspecified atom stereocenters. The second kappa shape index (κ2) is 7.50. The average molecular weight is 319 g/mol. The molecule has 0 aromatic heterocycles. The molecule has 8 nitrogen and oxygen atoms in total. The molecule has 0 aromatic rings. The lowest BCUT2D eigenvalue weighted by Gasteiger charge is -2.34. The molecule has 2 saturated heterocycles. The summed E-state index contributed by atoms with van der Waals surface area (Å²) in [7, 11) is -1.76. The van der Waals surface area contributed by atoms with Crippen LogP contribution in [0.1, 0.15) is 12.8 Å². The zero-order valence-electron chi connectivity index (χ0n) is 12.5. The molecule has 2 heterocycles. The highest BCUT2D eigenvalue weighted by molar-refractivity contribution is 7.87. The fourth-order valence-corrected chi connectivity index (χ4v) is 4.13. The van der Waals surface area contributed by atoms with E-state index in [4.69, 9.17) is 0 Å². The van der Waals surface area contributed by atoms with Crippen molar-refractivity contribution in [3.8, 4) is 0 Å². The summed E-state index contributed by atoms with van der Waals surface area (Å²) in [6.07, 6.45) is 1.48. The van der Waals surface area contributed by atoms with Gasteiger partial charge in [0.2, 0.25) is 5.91 Å². The monoisotopic (exact) mass is 319 g/mol. The van der Waals surface area contributed by atoms with E-state index in [1.807, 2.05) is 0 Å². The third kappa shape index (κ3) is 4.89. The Morgan fingerprint density at radius 1 is 1.19 bits per heavy atom. The quantitative estimate of drug-likeness (QED) is 0.542. The van der Waals surface area contributed by atoms with E-state index in [0.717, 1.165) is 25.9 Å². The van der Waals surface area contributed by atoms with Gasteiger partial charge in [-0.1, -0.05) is 0 Å². The van der Waals surface area contributed by atoms with Gasteiger partial charge in [0.15, 0.2) is 0 Å². The fourth-order valence-electron chi connectivity index (χ4n) is 2.66. The largest absolute Gasteiger partial charge is 0.358 e. The number of nitrogens with one attached hydrogen (secondary N) is 3. The first-order valence-corrected chi connectivity index (χ1v) is 8.86. The predicted octanol–water partition coefficient (Wildman–Crippen LogP) is -2.06. The number of likely N-dealkylation sites (tertiary alicyclic amines) is 1. The highest BCUT2D eigenvalue weighted by Gasteiger charge is 2.28. The molecule has 1 amide bonds. The van der Waals surface area contributed by atoms with E-state index < -0.39 is 10.2 Å². The van der Waals surface area contributed by atoms with Crippen molar-refractivity contribution in [2.45, 2.75) is 18.9 Å². The molecule has 0 radical (unpaired) electrons. The van der Waals surface area contributed by atoms with Crippen molar-refractivity contribution in [2.24, 2.45) is 0 Å². The number of carbonyl (C=O) groups is 1. The molecule has 21 heavy (non-hydrogen) atoms. The summed E-state index contributed by atoms with van der Waals surface area (Å²) < 4.78 is 28.8. The van der Waals surface area contributed by atoms with Gasteiger partial charge in [-0.05, 0) is 12.8 Å². The Hall–Kier alpha value is -0.740. The third-order valence-corrected chi connectivity index (χ3v) is 5.64. The summed E-state index contributed by atoms with van der Waals surface area (Å²) in [4.78, 5) is 13.4. The van der Waals surface area contributed by atoms with Gasteiger partial charge in [-0.3, -0.25) is 9.69 Å². The maximum atomic E-state index is 12.3. The second-order valence-corrected chi connectivity index (χ2v) is 7.20. The summed E-state index contributed by atoms with van der Waals surface area (Å²) in [6.45, 7) is 4.30. The van der Waals surface area contributed by atoms with Crippen molar-refractivity contribution in [2.75, 3.05) is 52.9 Å². The minimum Gasteiger partial charge on any atom is -0.358 e. The Labute approximate surface area is 126 Å². The molecule has 122 valence electrons. The van der Waals surface area contributed by atoms with E-state index in [9.17, 15) is 13.2 Å². The Bertz CT molecular complexity index is 442. The zero-order chi connectivity index (χ0) is 15.3. The van der Waals surface area contributed by atoms with E-state index >= 15 is 0 Å². The Kier molecular flexibility index (Phi) is 5.94. The van der Waals surface area contributed by atoms with Crippen LogP contribution in [0.25, 0.3) is 0 Å². The van der Waals surface area contributed by atoms with Gasteiger partial charge in [0.05, 0.1) is 6.54 Å². The Morgan fingerprint density at radius 2 is 1.81 bits per heavy atom. The summed E-state index contributed by atoms with van der Waals surface area (Å²) in [6, 6.07) is -0.0363. The molecule has 0 aromatic carbocycles. The normalized spacial score (nSPS) is 23.1. The molecule has 2 rings (SSSR count). The SMILES string of the molecule is CNC(=O)CN1CCC(NS(=O)(=O)N2CCNCC2)CC1. The van der Waals surface area contributed by atoms with Crippen LogP contribution in [0.15, 0.2) is 0 Å². The second-order valence-electron chi connectivity index (χ2n) is 5.50. The first-order chi connectivity index (χ1) is 10.0. The van der Waals surface area contributed by atoms with E-state index in [2.05, 4.69) is 20.3 Å². The number of rotatable bonds is 5. The Balaban J connectivity index is 1.78. The van der Waals surface area contributed by atoms with Gasteiger partial charge in [-0.15, -0.1) is 0 Å². The van der Waals surface area contributed by atoms with Gasteiger partial charge in [0.1, 0.15) is 0 Å². The molecule has 9 heteroatoms. The van der Waals surface area contributed by atoms with Gasteiger partial charge < -0.3 is 10.6 Å². The first-order valence-electron chi connectivity index (χ1n) is 7.42. The molecule has 0 spiro atoms. The van der Waals surface area contributed by atoms with Crippen molar-refractivity contribution in [3.63, 3.8) is 0 Å². The number of piperidine rings is 1. The highest BCUT2D eigenvalue weighted by Crippen LogP contribution is 2.12. The highest BCUT2D eigenvalue weighted by atomic mass is 32.2. The number of nitrogens with zero attached hydrogens (tertiary/aromatic N) is 2. The van der Waals surface area contributed by atoms with Crippen LogP contribution < -0.4 is 15.4 Å². The minimum absolute atomic E-state index is 0.00477. The van der Waals surface area contributed by atoms with Crippen molar-refractivity contribution < 1.29 is 13.2 Å². The molecule has 0 saturated carbocycles. The summed E-state index contributed by atoms with van der Waals surface area (Å²) in [5, 5.41) is 5.74. The third-order valence-electron chi connectivity index (χ3n) is 3.97. The molecular formula is C12H25N5O3S. The van der Waals surface area contributed by atoms with Crippen LogP contribution in [0.5, 0.6) is 0 Å². The fraction of sp³-hybridized carbons (Fsp3) is 0.917.